The van der Waals surface area contributed by atoms with E-state index in [1.165, 1.54) is 24.3 Å². The Morgan fingerprint density at radius 1 is 1.35 bits per heavy atom. The molecular weight excluding hydrogens is 251 g/mol. The van der Waals surface area contributed by atoms with Crippen LogP contribution in [0.5, 0.6) is 11.7 Å². The first-order valence-corrected chi connectivity index (χ1v) is 4.90. The summed E-state index contributed by atoms with van der Waals surface area (Å²) < 4.78 is 23.0. The molecule has 0 aliphatic rings. The van der Waals surface area contributed by atoms with Gasteiger partial charge in [0.25, 0.3) is 5.95 Å². The van der Waals surface area contributed by atoms with Crippen LogP contribution in [0, 0.1) is 5.82 Å². The van der Waals surface area contributed by atoms with Gasteiger partial charge in [0.2, 0.25) is 5.76 Å². The summed E-state index contributed by atoms with van der Waals surface area (Å²) in [6.45, 7) is 0. The highest BCUT2D eigenvalue weighted by atomic mass is 35.5. The van der Waals surface area contributed by atoms with E-state index in [1.54, 1.807) is 0 Å². The summed E-state index contributed by atoms with van der Waals surface area (Å²) in [6, 6.07) is 6.41. The molecule has 0 atom stereocenters. The van der Waals surface area contributed by atoms with Crippen LogP contribution in [0.25, 0.3) is 0 Å². The average Bonchev–Trinajstić information content (AvgIpc) is 2.72. The number of hydrogen-bond acceptors (Lipinski definition) is 3. The Morgan fingerprint density at radius 2 is 2.12 bits per heavy atom. The molecule has 0 saturated heterocycles. The maximum atomic E-state index is 13.1. The van der Waals surface area contributed by atoms with Gasteiger partial charge in [-0.05, 0) is 18.2 Å². The summed E-state index contributed by atoms with van der Waals surface area (Å²) in [7, 11) is 0. The molecular formula is C11H6ClFO4. The number of ether oxygens (including phenoxy) is 1. The second-order valence-electron chi connectivity index (χ2n) is 3.10. The molecule has 0 fully saturated rings. The summed E-state index contributed by atoms with van der Waals surface area (Å²) in [6.07, 6.45) is 0. The number of carboxylic acid groups (broad SMARTS) is 1. The fraction of sp³-hybridized carbons (Fsp3) is 0. The number of benzene rings is 1. The van der Waals surface area contributed by atoms with Crippen molar-refractivity contribution >= 4 is 17.6 Å². The van der Waals surface area contributed by atoms with Gasteiger partial charge in [0, 0.05) is 12.1 Å². The van der Waals surface area contributed by atoms with E-state index in [0.29, 0.717) is 0 Å². The molecule has 0 saturated carbocycles. The van der Waals surface area contributed by atoms with Crippen LogP contribution in [-0.2, 0) is 0 Å². The molecule has 0 aliphatic carbocycles. The predicted molar refractivity (Wildman–Crippen MR) is 57.2 cm³/mol. The van der Waals surface area contributed by atoms with E-state index in [2.05, 4.69) is 0 Å². The summed E-state index contributed by atoms with van der Waals surface area (Å²) in [5.74, 6) is -1.96. The molecule has 17 heavy (non-hydrogen) atoms. The van der Waals surface area contributed by atoms with Crippen molar-refractivity contribution in [3.63, 3.8) is 0 Å². The molecule has 0 bridgehead atoms. The van der Waals surface area contributed by atoms with Crippen LogP contribution in [0.2, 0.25) is 5.02 Å². The standard InChI is InChI=1S/C11H6ClFO4/c12-7-2-1-6(5-8(7)13)16-10-4-3-9(17-10)11(14)15/h1-5H,(H,14,15). The van der Waals surface area contributed by atoms with Crippen molar-refractivity contribution in [2.45, 2.75) is 0 Å². The third-order valence-corrected chi connectivity index (χ3v) is 2.21. The van der Waals surface area contributed by atoms with Crippen molar-refractivity contribution < 1.29 is 23.4 Å². The smallest absolute Gasteiger partial charge is 0.371 e. The maximum Gasteiger partial charge on any atom is 0.371 e. The summed E-state index contributed by atoms with van der Waals surface area (Å²) >= 11 is 5.50. The van der Waals surface area contributed by atoms with Crippen molar-refractivity contribution in [3.05, 3.63) is 46.9 Å². The minimum absolute atomic E-state index is 0.0250. The molecule has 0 aliphatic heterocycles. The molecule has 0 radical (unpaired) electrons. The molecule has 1 aromatic heterocycles. The van der Waals surface area contributed by atoms with Crippen LogP contribution < -0.4 is 4.74 Å². The Morgan fingerprint density at radius 3 is 2.71 bits per heavy atom. The molecule has 0 spiro atoms. The van der Waals surface area contributed by atoms with Gasteiger partial charge in [-0.25, -0.2) is 9.18 Å². The number of carbonyl (C=O) groups is 1. The van der Waals surface area contributed by atoms with Crippen LogP contribution >= 0.6 is 11.6 Å². The first-order valence-electron chi connectivity index (χ1n) is 4.52. The Labute approximate surface area is 100 Å². The van der Waals surface area contributed by atoms with Crippen molar-refractivity contribution in [1.29, 1.82) is 0 Å². The van der Waals surface area contributed by atoms with Gasteiger partial charge >= 0.3 is 5.97 Å². The maximum absolute atomic E-state index is 13.1. The predicted octanol–water partition coefficient (Wildman–Crippen LogP) is 3.56. The molecule has 1 heterocycles. The monoisotopic (exact) mass is 256 g/mol. The van der Waals surface area contributed by atoms with Gasteiger partial charge in [-0.15, -0.1) is 0 Å². The fourth-order valence-corrected chi connectivity index (χ4v) is 1.26. The van der Waals surface area contributed by atoms with E-state index in [0.717, 1.165) is 6.07 Å². The molecule has 2 rings (SSSR count). The van der Waals surface area contributed by atoms with E-state index in [9.17, 15) is 9.18 Å². The lowest BCUT2D eigenvalue weighted by atomic mass is 10.3. The number of rotatable bonds is 3. The largest absolute Gasteiger partial charge is 0.475 e. The van der Waals surface area contributed by atoms with Crippen LogP contribution in [0.3, 0.4) is 0 Å². The Kier molecular flexibility index (Phi) is 3.01. The second kappa shape index (κ2) is 4.47. The van der Waals surface area contributed by atoms with Crippen LogP contribution in [0.15, 0.2) is 34.7 Å². The molecule has 88 valence electrons. The molecule has 6 heteroatoms. The van der Waals surface area contributed by atoms with Gasteiger partial charge in [0.05, 0.1) is 5.02 Å². The van der Waals surface area contributed by atoms with Crippen molar-refractivity contribution in [2.75, 3.05) is 0 Å². The highest BCUT2D eigenvalue weighted by molar-refractivity contribution is 6.30. The lowest BCUT2D eigenvalue weighted by Crippen LogP contribution is -1.91. The zero-order valence-corrected chi connectivity index (χ0v) is 9.07. The first-order chi connectivity index (χ1) is 8.06. The van der Waals surface area contributed by atoms with E-state index in [4.69, 9.17) is 25.9 Å². The zero-order chi connectivity index (χ0) is 12.4. The van der Waals surface area contributed by atoms with E-state index < -0.39 is 11.8 Å². The zero-order valence-electron chi connectivity index (χ0n) is 8.31. The molecule has 0 amide bonds. The molecule has 4 nitrogen and oxygen atoms in total. The third kappa shape index (κ3) is 2.57. The topological polar surface area (TPSA) is 59.7 Å². The molecule has 2 aromatic rings. The van der Waals surface area contributed by atoms with Gasteiger partial charge in [-0.1, -0.05) is 11.6 Å². The summed E-state index contributed by atoms with van der Waals surface area (Å²) in [4.78, 5) is 10.5. The quantitative estimate of drug-likeness (QED) is 0.912. The Hall–Kier alpha value is -2.01. The van der Waals surface area contributed by atoms with E-state index >= 15 is 0 Å². The van der Waals surface area contributed by atoms with Gasteiger partial charge in [0.15, 0.2) is 0 Å². The van der Waals surface area contributed by atoms with Crippen LogP contribution in [-0.4, -0.2) is 11.1 Å². The Balaban J connectivity index is 2.19. The lowest BCUT2D eigenvalue weighted by molar-refractivity contribution is 0.0657. The SMILES string of the molecule is O=C(O)c1ccc(Oc2ccc(Cl)c(F)c2)o1. The van der Waals surface area contributed by atoms with Crippen LogP contribution in [0.1, 0.15) is 10.6 Å². The minimum Gasteiger partial charge on any atom is -0.475 e. The van der Waals surface area contributed by atoms with Gasteiger partial charge < -0.3 is 14.3 Å². The number of furan rings is 1. The third-order valence-electron chi connectivity index (χ3n) is 1.90. The highest BCUT2D eigenvalue weighted by Crippen LogP contribution is 2.26. The lowest BCUT2D eigenvalue weighted by Gasteiger charge is -2.02. The van der Waals surface area contributed by atoms with Gasteiger partial charge in [-0.2, -0.15) is 0 Å². The normalized spacial score (nSPS) is 10.2. The van der Waals surface area contributed by atoms with E-state index in [1.807, 2.05) is 0 Å². The first kappa shape index (κ1) is 11.5. The molecule has 1 N–H and O–H groups in total. The number of hydrogen-bond donors (Lipinski definition) is 1. The van der Waals surface area contributed by atoms with E-state index in [-0.39, 0.29) is 22.5 Å². The Bertz CT molecular complexity index is 564. The molecule has 1 aromatic carbocycles. The van der Waals surface area contributed by atoms with Crippen molar-refractivity contribution in [1.82, 2.24) is 0 Å². The number of carboxylic acids is 1. The van der Waals surface area contributed by atoms with Crippen LogP contribution in [0.4, 0.5) is 4.39 Å². The van der Waals surface area contributed by atoms with Gasteiger partial charge in [0.1, 0.15) is 11.6 Å². The van der Waals surface area contributed by atoms with Crippen molar-refractivity contribution in [3.8, 4) is 11.7 Å². The highest BCUT2D eigenvalue weighted by Gasteiger charge is 2.11. The average molecular weight is 257 g/mol. The number of aromatic carboxylic acids is 1. The second-order valence-corrected chi connectivity index (χ2v) is 3.51. The van der Waals surface area contributed by atoms with Crippen molar-refractivity contribution in [2.24, 2.45) is 0 Å². The van der Waals surface area contributed by atoms with Gasteiger partial charge in [-0.3, -0.25) is 0 Å². The summed E-state index contributed by atoms with van der Waals surface area (Å²) in [5, 5.41) is 8.59. The number of halogens is 2. The molecule has 0 unspecified atom stereocenters. The minimum atomic E-state index is -1.21. The summed E-state index contributed by atoms with van der Waals surface area (Å²) in [5.41, 5.74) is 0. The fourth-order valence-electron chi connectivity index (χ4n) is 1.15.